The number of aromatic nitrogens is 3. The number of hydrogen-bond acceptors (Lipinski definition) is 6. The summed E-state index contributed by atoms with van der Waals surface area (Å²) in [5.41, 5.74) is 0. The van der Waals surface area contributed by atoms with Crippen molar-refractivity contribution in [1.82, 2.24) is 15.0 Å². The van der Waals surface area contributed by atoms with E-state index < -0.39 is 0 Å². The van der Waals surface area contributed by atoms with Crippen molar-refractivity contribution < 1.29 is 0 Å². The SMILES string of the molecule is CCCNc1cc(NCc2cnc(C)s2)nc(CC)n1. The minimum Gasteiger partial charge on any atom is -0.370 e. The molecule has 20 heavy (non-hydrogen) atoms. The van der Waals surface area contributed by atoms with Gasteiger partial charge in [-0.15, -0.1) is 11.3 Å². The standard InChI is InChI=1S/C14H21N5S/c1-4-6-15-13-7-14(19-12(5-2)18-13)17-9-11-8-16-10(3)20-11/h7-8H,4-6,9H2,1-3H3,(H2,15,17,18,19). The minimum absolute atomic E-state index is 0.749. The molecule has 0 radical (unpaired) electrons. The average molecular weight is 291 g/mol. The molecule has 0 amide bonds. The molecule has 0 aliphatic heterocycles. The van der Waals surface area contributed by atoms with Crippen LogP contribution in [0.15, 0.2) is 12.3 Å². The maximum Gasteiger partial charge on any atom is 0.132 e. The first-order valence-corrected chi connectivity index (χ1v) is 7.80. The molecule has 0 saturated heterocycles. The summed E-state index contributed by atoms with van der Waals surface area (Å²) in [6.45, 7) is 7.89. The van der Waals surface area contributed by atoms with Gasteiger partial charge in [-0.3, -0.25) is 0 Å². The number of nitrogens with zero attached hydrogens (tertiary/aromatic N) is 3. The first-order valence-electron chi connectivity index (χ1n) is 6.98. The van der Waals surface area contributed by atoms with Crippen LogP contribution in [0.1, 0.15) is 36.0 Å². The molecule has 0 saturated carbocycles. The predicted molar refractivity (Wildman–Crippen MR) is 84.4 cm³/mol. The molecule has 0 atom stereocenters. The topological polar surface area (TPSA) is 62.7 Å². The van der Waals surface area contributed by atoms with Crippen molar-refractivity contribution in [3.8, 4) is 0 Å². The van der Waals surface area contributed by atoms with Gasteiger partial charge in [0.2, 0.25) is 0 Å². The fraction of sp³-hybridized carbons (Fsp3) is 0.500. The summed E-state index contributed by atoms with van der Waals surface area (Å²) in [7, 11) is 0. The summed E-state index contributed by atoms with van der Waals surface area (Å²) in [5, 5.41) is 7.74. The molecular weight excluding hydrogens is 270 g/mol. The van der Waals surface area contributed by atoms with Crippen LogP contribution in [0.4, 0.5) is 11.6 Å². The highest BCUT2D eigenvalue weighted by molar-refractivity contribution is 7.11. The lowest BCUT2D eigenvalue weighted by molar-refractivity contribution is 0.913. The third kappa shape index (κ3) is 4.16. The molecule has 2 aromatic heterocycles. The highest BCUT2D eigenvalue weighted by Crippen LogP contribution is 2.16. The van der Waals surface area contributed by atoms with Crippen molar-refractivity contribution in [3.05, 3.63) is 28.0 Å². The van der Waals surface area contributed by atoms with Crippen LogP contribution in [0, 0.1) is 6.92 Å². The van der Waals surface area contributed by atoms with E-state index in [0.717, 1.165) is 48.4 Å². The zero-order chi connectivity index (χ0) is 14.4. The molecule has 0 aliphatic carbocycles. The van der Waals surface area contributed by atoms with Crippen LogP contribution in [0.5, 0.6) is 0 Å². The summed E-state index contributed by atoms with van der Waals surface area (Å²) in [6, 6.07) is 1.96. The van der Waals surface area contributed by atoms with Crippen molar-refractivity contribution in [1.29, 1.82) is 0 Å². The lowest BCUT2D eigenvalue weighted by Crippen LogP contribution is -2.08. The summed E-state index contributed by atoms with van der Waals surface area (Å²) in [4.78, 5) is 14.4. The third-order valence-electron chi connectivity index (χ3n) is 2.76. The molecule has 108 valence electrons. The lowest BCUT2D eigenvalue weighted by Gasteiger charge is -2.09. The molecule has 5 nitrogen and oxygen atoms in total. The molecular formula is C14H21N5S. The average Bonchev–Trinajstić information content (AvgIpc) is 2.88. The molecule has 6 heteroatoms. The molecule has 0 aromatic carbocycles. The molecule has 0 unspecified atom stereocenters. The smallest absolute Gasteiger partial charge is 0.132 e. The quantitative estimate of drug-likeness (QED) is 0.820. The molecule has 0 aliphatic rings. The van der Waals surface area contributed by atoms with Gasteiger partial charge < -0.3 is 10.6 Å². The Morgan fingerprint density at radius 2 is 1.90 bits per heavy atom. The zero-order valence-electron chi connectivity index (χ0n) is 12.2. The maximum atomic E-state index is 4.50. The Hall–Kier alpha value is -1.69. The second kappa shape index (κ2) is 7.19. The Balaban J connectivity index is 2.05. The zero-order valence-corrected chi connectivity index (χ0v) is 13.0. The summed E-state index contributed by atoms with van der Waals surface area (Å²) < 4.78 is 0. The van der Waals surface area contributed by atoms with Gasteiger partial charge >= 0.3 is 0 Å². The van der Waals surface area contributed by atoms with E-state index in [4.69, 9.17) is 0 Å². The second-order valence-electron chi connectivity index (χ2n) is 4.53. The van der Waals surface area contributed by atoms with Crippen molar-refractivity contribution in [3.63, 3.8) is 0 Å². The number of thiazole rings is 1. The number of nitrogens with one attached hydrogen (secondary N) is 2. The molecule has 2 aromatic rings. The van der Waals surface area contributed by atoms with Crippen molar-refractivity contribution >= 4 is 23.0 Å². The second-order valence-corrected chi connectivity index (χ2v) is 5.85. The Kier molecular flexibility index (Phi) is 5.29. The first kappa shape index (κ1) is 14.7. The van der Waals surface area contributed by atoms with Gasteiger partial charge in [0.15, 0.2) is 0 Å². The summed E-state index contributed by atoms with van der Waals surface area (Å²) in [5.74, 6) is 2.61. The molecule has 0 fully saturated rings. The fourth-order valence-electron chi connectivity index (χ4n) is 1.75. The van der Waals surface area contributed by atoms with Gasteiger partial charge in [0.1, 0.15) is 17.5 Å². The third-order valence-corrected chi connectivity index (χ3v) is 3.67. The Labute approximate surface area is 123 Å². The maximum absolute atomic E-state index is 4.50. The molecule has 2 heterocycles. The van der Waals surface area contributed by atoms with Crippen molar-refractivity contribution in [2.45, 2.75) is 40.2 Å². The van der Waals surface area contributed by atoms with Crippen LogP contribution in [0.25, 0.3) is 0 Å². The lowest BCUT2D eigenvalue weighted by atomic mass is 10.4. The number of aryl methyl sites for hydroxylation is 2. The van der Waals surface area contributed by atoms with Gasteiger partial charge in [0.05, 0.1) is 11.6 Å². The van der Waals surface area contributed by atoms with Crippen LogP contribution in [0.3, 0.4) is 0 Å². The van der Waals surface area contributed by atoms with E-state index in [2.05, 4.69) is 39.4 Å². The van der Waals surface area contributed by atoms with Crippen LogP contribution in [-0.4, -0.2) is 21.5 Å². The van der Waals surface area contributed by atoms with Gasteiger partial charge in [0.25, 0.3) is 0 Å². The Morgan fingerprint density at radius 3 is 2.50 bits per heavy atom. The van der Waals surface area contributed by atoms with Crippen LogP contribution in [-0.2, 0) is 13.0 Å². The van der Waals surface area contributed by atoms with Crippen molar-refractivity contribution in [2.75, 3.05) is 17.2 Å². The highest BCUT2D eigenvalue weighted by Gasteiger charge is 2.04. The van der Waals surface area contributed by atoms with E-state index in [1.54, 1.807) is 11.3 Å². The van der Waals surface area contributed by atoms with E-state index in [9.17, 15) is 0 Å². The number of hydrogen-bond donors (Lipinski definition) is 2. The van der Waals surface area contributed by atoms with Crippen LogP contribution in [0.2, 0.25) is 0 Å². The summed E-state index contributed by atoms with van der Waals surface area (Å²) in [6.07, 6.45) is 3.82. The number of rotatable bonds is 7. The minimum atomic E-state index is 0.749. The van der Waals surface area contributed by atoms with Crippen molar-refractivity contribution in [2.24, 2.45) is 0 Å². The molecule has 0 spiro atoms. The van der Waals surface area contributed by atoms with Gasteiger partial charge in [-0.1, -0.05) is 13.8 Å². The Morgan fingerprint density at radius 1 is 1.15 bits per heavy atom. The van der Waals surface area contributed by atoms with E-state index in [1.165, 1.54) is 4.88 Å². The van der Waals surface area contributed by atoms with Crippen LogP contribution >= 0.6 is 11.3 Å². The Bertz CT molecular complexity index is 552. The largest absolute Gasteiger partial charge is 0.370 e. The van der Waals surface area contributed by atoms with Gasteiger partial charge in [-0.05, 0) is 13.3 Å². The fourth-order valence-corrected chi connectivity index (χ4v) is 2.49. The summed E-state index contributed by atoms with van der Waals surface area (Å²) >= 11 is 1.70. The van der Waals surface area contributed by atoms with E-state index in [0.29, 0.717) is 0 Å². The highest BCUT2D eigenvalue weighted by atomic mass is 32.1. The number of anilines is 2. The molecule has 0 bridgehead atoms. The van der Waals surface area contributed by atoms with Gasteiger partial charge in [-0.25, -0.2) is 15.0 Å². The molecule has 2 rings (SSSR count). The van der Waals surface area contributed by atoms with E-state index in [1.807, 2.05) is 19.2 Å². The predicted octanol–water partition coefficient (Wildman–Crippen LogP) is 3.24. The van der Waals surface area contributed by atoms with Gasteiger partial charge in [0, 0.05) is 30.1 Å². The monoisotopic (exact) mass is 291 g/mol. The normalized spacial score (nSPS) is 10.6. The van der Waals surface area contributed by atoms with Crippen LogP contribution < -0.4 is 10.6 Å². The molecule has 2 N–H and O–H groups in total. The van der Waals surface area contributed by atoms with E-state index >= 15 is 0 Å². The first-order chi connectivity index (χ1) is 9.71. The van der Waals surface area contributed by atoms with E-state index in [-0.39, 0.29) is 0 Å². The van der Waals surface area contributed by atoms with Gasteiger partial charge in [-0.2, -0.15) is 0 Å².